The van der Waals surface area contributed by atoms with Crippen LogP contribution in [0.15, 0.2) is 97.6 Å². The van der Waals surface area contributed by atoms with Gasteiger partial charge in [0.05, 0.1) is 24.1 Å². The number of halogens is 8. The summed E-state index contributed by atoms with van der Waals surface area (Å²) in [6, 6.07) is 24.6. The van der Waals surface area contributed by atoms with E-state index in [2.05, 4.69) is 16.1 Å². The fourth-order valence-electron chi connectivity index (χ4n) is 7.91. The Labute approximate surface area is 366 Å². The zero-order chi connectivity index (χ0) is 46.4. The third-order valence-corrected chi connectivity index (χ3v) is 11.1. The van der Waals surface area contributed by atoms with Crippen molar-refractivity contribution in [2.45, 2.75) is 90.0 Å². The van der Waals surface area contributed by atoms with Crippen molar-refractivity contribution in [2.75, 3.05) is 13.2 Å². The Kier molecular flexibility index (Phi) is 14.8. The molecule has 0 saturated heterocycles. The highest BCUT2D eigenvalue weighted by Crippen LogP contribution is 2.39. The maximum atomic E-state index is 14.7. The first-order valence-electron chi connectivity index (χ1n) is 20.9. The van der Waals surface area contributed by atoms with Gasteiger partial charge in [0.25, 0.3) is 0 Å². The van der Waals surface area contributed by atoms with Crippen molar-refractivity contribution in [3.05, 3.63) is 120 Å². The van der Waals surface area contributed by atoms with Crippen molar-refractivity contribution in [3.8, 4) is 34.0 Å². The van der Waals surface area contributed by atoms with Gasteiger partial charge < -0.3 is 28.1 Å². The zero-order valence-electron chi connectivity index (χ0n) is 36.0. The van der Waals surface area contributed by atoms with Gasteiger partial charge in [-0.3, -0.25) is 0 Å². The second-order valence-electron chi connectivity index (χ2n) is 16.1. The fraction of sp³-hybridized carbons (Fsp3) is 0.367. The van der Waals surface area contributed by atoms with Gasteiger partial charge >= 0.3 is 18.7 Å². The third kappa shape index (κ3) is 12.7. The van der Waals surface area contributed by atoms with E-state index in [-0.39, 0.29) is 43.7 Å². The van der Waals surface area contributed by atoms with Crippen LogP contribution in [0.3, 0.4) is 0 Å². The highest BCUT2D eigenvalue weighted by atomic mass is 19.4. The van der Waals surface area contributed by atoms with Crippen LogP contribution in [0.2, 0.25) is 0 Å². The summed E-state index contributed by atoms with van der Waals surface area (Å²) >= 11 is 0. The van der Waals surface area contributed by atoms with Crippen molar-refractivity contribution in [3.63, 3.8) is 0 Å². The van der Waals surface area contributed by atoms with E-state index in [0.717, 1.165) is 39.0 Å². The maximum absolute atomic E-state index is 14.7. The molecule has 0 radical (unpaired) electrons. The third-order valence-electron chi connectivity index (χ3n) is 11.1. The fourth-order valence-corrected chi connectivity index (χ4v) is 7.91. The number of benzene rings is 4. The Bertz CT molecular complexity index is 2440. The topological polar surface area (TPSA) is 63.9 Å². The Morgan fingerprint density at radius 3 is 1.53 bits per heavy atom. The van der Waals surface area contributed by atoms with E-state index in [1.807, 2.05) is 57.7 Å². The molecule has 0 unspecified atom stereocenters. The van der Waals surface area contributed by atoms with Crippen LogP contribution in [0.25, 0.3) is 44.3 Å². The number of ether oxygens (including phenoxy) is 4. The van der Waals surface area contributed by atoms with E-state index in [9.17, 15) is 39.9 Å². The number of carbonyl (C=O) groups is 1. The summed E-state index contributed by atoms with van der Waals surface area (Å²) in [7, 11) is 3.55. The van der Waals surface area contributed by atoms with Crippen molar-refractivity contribution >= 4 is 27.8 Å². The molecule has 0 amide bonds. The summed E-state index contributed by atoms with van der Waals surface area (Å²) in [6.07, 6.45) is -7.74. The molecule has 15 heteroatoms. The number of aromatic nitrogens is 2. The van der Waals surface area contributed by atoms with Crippen LogP contribution < -0.4 is 9.47 Å². The number of alkyl halides is 8. The molecule has 0 bridgehead atoms. The first-order valence-corrected chi connectivity index (χ1v) is 20.9. The average Bonchev–Trinajstić information content (AvgIpc) is 3.72. The number of aryl methyl sites for hydroxylation is 6. The summed E-state index contributed by atoms with van der Waals surface area (Å²) in [6.45, 7) is 6.60. The van der Waals surface area contributed by atoms with Crippen molar-refractivity contribution in [2.24, 2.45) is 14.1 Å². The molecule has 0 aliphatic rings. The van der Waals surface area contributed by atoms with E-state index in [1.165, 1.54) is 12.1 Å². The Morgan fingerprint density at radius 2 is 1.09 bits per heavy atom. The zero-order valence-corrected chi connectivity index (χ0v) is 36.0. The normalized spacial score (nSPS) is 12.4. The molecule has 64 heavy (non-hydrogen) atoms. The second-order valence-corrected chi connectivity index (χ2v) is 16.1. The Balaban J connectivity index is 1.18. The van der Waals surface area contributed by atoms with Crippen LogP contribution in [0, 0.1) is 13.8 Å². The van der Waals surface area contributed by atoms with Gasteiger partial charge in [-0.2, -0.15) is 0 Å². The Morgan fingerprint density at radius 1 is 0.641 bits per heavy atom. The lowest BCUT2D eigenvalue weighted by molar-refractivity contribution is -0.275. The summed E-state index contributed by atoms with van der Waals surface area (Å²) in [5, 5.41) is 1.64. The van der Waals surface area contributed by atoms with E-state index in [1.54, 1.807) is 52.2 Å². The summed E-state index contributed by atoms with van der Waals surface area (Å²) in [5.41, 5.74) is 6.36. The number of hydrogen-bond acceptors (Lipinski definition) is 5. The van der Waals surface area contributed by atoms with Crippen molar-refractivity contribution in [1.82, 2.24) is 9.13 Å². The quantitative estimate of drug-likeness (QED) is 0.0331. The van der Waals surface area contributed by atoms with Gasteiger partial charge in [-0.25, -0.2) is 13.6 Å². The summed E-state index contributed by atoms with van der Waals surface area (Å²) in [5.74, 6) is -4.25. The molecular formula is C49H50F8N2O5. The smallest absolute Gasteiger partial charge is 0.463 e. The number of nitrogens with zero attached hydrogens (tertiary/aromatic N) is 2. The van der Waals surface area contributed by atoms with E-state index in [4.69, 9.17) is 9.47 Å². The van der Waals surface area contributed by atoms with Crippen molar-refractivity contribution in [1.29, 1.82) is 0 Å². The maximum Gasteiger partial charge on any atom is 0.573 e. The van der Waals surface area contributed by atoms with Gasteiger partial charge in [0, 0.05) is 72.6 Å². The predicted molar refractivity (Wildman–Crippen MR) is 231 cm³/mol. The largest absolute Gasteiger partial charge is 0.573 e. The number of carbonyl (C=O) groups excluding carboxylic acids is 1. The summed E-state index contributed by atoms with van der Waals surface area (Å²) in [4.78, 5) is 11.3. The van der Waals surface area contributed by atoms with Crippen LogP contribution >= 0.6 is 0 Å². The molecule has 7 nitrogen and oxygen atoms in total. The van der Waals surface area contributed by atoms with Crippen LogP contribution in [-0.4, -0.2) is 53.1 Å². The standard InChI is InChI=1S/C49H50F8N2O5/c1-6-46(60)62-24-8-22-47(50,51)21-7-23-61-37(17-13-33-11-15-35-29-42(58(4)40(35)27-33)38-19-9-31(2)25-44(38)63-48(52,53)54)18-14-34-12-16-36-30-43(59(5)41(36)28-34)39-20-10-32(3)26-45(39)64-49(55,56)57/h6,9-12,15-16,19-20,25-30,37H,1,7-8,13-14,17-18,21-24H2,2-5H3. The monoisotopic (exact) mass is 898 g/mol. The molecule has 0 aliphatic carbocycles. The highest BCUT2D eigenvalue weighted by Gasteiger charge is 2.34. The number of fused-ring (bicyclic) bond motifs is 2. The molecule has 0 fully saturated rings. The molecule has 2 aromatic heterocycles. The van der Waals surface area contributed by atoms with Crippen LogP contribution in [0.5, 0.6) is 11.5 Å². The second kappa shape index (κ2) is 19.9. The molecule has 0 spiro atoms. The molecule has 2 heterocycles. The van der Waals surface area contributed by atoms with Gasteiger partial charge in [0.2, 0.25) is 5.92 Å². The SMILES string of the molecule is C=CC(=O)OCCCC(F)(F)CCCOC(CCc1ccc2cc(-c3ccc(C)cc3OC(F)(F)F)n(C)c2c1)CCc1ccc2cc(-c3ccc(C)cc3OC(F)(F)F)n(C)c2c1. The van der Waals surface area contributed by atoms with Gasteiger partial charge in [-0.15, -0.1) is 26.3 Å². The molecule has 6 rings (SSSR count). The van der Waals surface area contributed by atoms with Gasteiger partial charge in [0.15, 0.2) is 0 Å². The molecule has 342 valence electrons. The molecule has 0 aliphatic heterocycles. The summed E-state index contributed by atoms with van der Waals surface area (Å²) < 4.78 is 133. The number of esters is 1. The average molecular weight is 899 g/mol. The van der Waals surface area contributed by atoms with Gasteiger partial charge in [0.1, 0.15) is 11.5 Å². The lowest BCUT2D eigenvalue weighted by Crippen LogP contribution is -2.20. The van der Waals surface area contributed by atoms with Crippen molar-refractivity contribution < 1.29 is 58.9 Å². The molecule has 0 saturated carbocycles. The van der Waals surface area contributed by atoms with E-state index < -0.39 is 37.5 Å². The molecular weight excluding hydrogens is 849 g/mol. The van der Waals surface area contributed by atoms with Gasteiger partial charge in [-0.05, 0) is 123 Å². The minimum atomic E-state index is -4.87. The number of rotatable bonds is 20. The molecule has 0 atom stereocenters. The predicted octanol–water partition coefficient (Wildman–Crippen LogP) is 13.3. The Hall–Kier alpha value is -5.83. The first-order chi connectivity index (χ1) is 30.2. The van der Waals surface area contributed by atoms with Crippen LogP contribution in [0.4, 0.5) is 35.1 Å². The first kappa shape index (κ1) is 47.6. The highest BCUT2D eigenvalue weighted by molar-refractivity contribution is 5.90. The lowest BCUT2D eigenvalue weighted by atomic mass is 9.99. The van der Waals surface area contributed by atoms with Crippen LogP contribution in [0.1, 0.15) is 60.8 Å². The van der Waals surface area contributed by atoms with Crippen LogP contribution in [-0.2, 0) is 41.2 Å². The van der Waals surface area contributed by atoms with E-state index >= 15 is 0 Å². The molecule has 6 aromatic rings. The lowest BCUT2D eigenvalue weighted by Gasteiger charge is -2.20. The van der Waals surface area contributed by atoms with E-state index in [0.29, 0.717) is 59.3 Å². The van der Waals surface area contributed by atoms with Gasteiger partial charge in [-0.1, -0.05) is 43.0 Å². The number of hydrogen-bond donors (Lipinski definition) is 0. The molecule has 4 aromatic carbocycles. The minimum absolute atomic E-state index is 0.00292. The molecule has 0 N–H and O–H groups in total. The minimum Gasteiger partial charge on any atom is -0.463 e.